The lowest BCUT2D eigenvalue weighted by Crippen LogP contribution is -2.71. The smallest absolute Gasteiger partial charge is 0.296 e. The van der Waals surface area contributed by atoms with Crippen molar-refractivity contribution in [2.24, 2.45) is 11.3 Å². The van der Waals surface area contributed by atoms with Crippen molar-refractivity contribution < 1.29 is 35.0 Å². The van der Waals surface area contributed by atoms with Crippen LogP contribution in [0.25, 0.3) is 0 Å². The summed E-state index contributed by atoms with van der Waals surface area (Å²) in [5, 5.41) is 15.8. The quantitative estimate of drug-likeness (QED) is 0.362. The van der Waals surface area contributed by atoms with Crippen molar-refractivity contribution in [1.82, 2.24) is 5.32 Å². The first-order valence-electron chi connectivity index (χ1n) is 14.6. The Morgan fingerprint density at radius 2 is 1.47 bits per heavy atom. The third kappa shape index (κ3) is 4.55. The maximum atomic E-state index is 13.3. The van der Waals surface area contributed by atoms with Gasteiger partial charge in [-0.05, 0) is 81.5 Å². The first kappa shape index (κ1) is 28.9. The number of nitrogens with one attached hydrogen (secondary N) is 1. The fourth-order valence-electron chi connectivity index (χ4n) is 7.84. The van der Waals surface area contributed by atoms with Crippen LogP contribution in [0.2, 0.25) is 0 Å². The van der Waals surface area contributed by atoms with Gasteiger partial charge in [0.15, 0.2) is 0 Å². The number of rotatable bonds is 8. The Labute approximate surface area is 252 Å². The van der Waals surface area contributed by atoms with Crippen molar-refractivity contribution >= 4 is 20.2 Å². The fraction of sp³-hybridized carbons (Fsp3) is 0.438. The lowest BCUT2D eigenvalue weighted by atomic mass is 9.47. The second-order valence-corrected chi connectivity index (χ2v) is 15.8. The molecule has 2 fully saturated rings. The molecule has 2 bridgehead atoms. The Morgan fingerprint density at radius 3 is 2.05 bits per heavy atom. The Morgan fingerprint density at radius 1 is 0.884 bits per heavy atom. The molecule has 1 saturated carbocycles. The highest BCUT2D eigenvalue weighted by molar-refractivity contribution is 7.87. The maximum absolute atomic E-state index is 13.3. The summed E-state index contributed by atoms with van der Waals surface area (Å²) in [6.45, 7) is 3.51. The molecule has 5 atom stereocenters. The van der Waals surface area contributed by atoms with E-state index in [1.54, 1.807) is 24.3 Å². The number of aliphatic hydroxyl groups is 1. The molecular weight excluding hydrogens is 590 g/mol. The van der Waals surface area contributed by atoms with Crippen LogP contribution in [0.5, 0.6) is 5.75 Å². The second kappa shape index (κ2) is 10.1. The van der Waals surface area contributed by atoms with Crippen LogP contribution in [0.4, 0.5) is 0 Å². The van der Waals surface area contributed by atoms with Crippen molar-refractivity contribution in [3.05, 3.63) is 89.0 Å². The third-order valence-corrected chi connectivity index (χ3v) is 12.6. The topological polar surface area (TPSA) is 128 Å². The minimum Gasteiger partial charge on any atom is -0.486 e. The molecule has 11 heteroatoms. The van der Waals surface area contributed by atoms with E-state index in [1.807, 2.05) is 26.0 Å². The molecule has 3 aromatic carbocycles. The Bertz CT molecular complexity index is 1690. The van der Waals surface area contributed by atoms with Gasteiger partial charge in [0, 0.05) is 22.4 Å². The Hall–Kier alpha value is -2.80. The largest absolute Gasteiger partial charge is 0.486 e. The van der Waals surface area contributed by atoms with Gasteiger partial charge in [-0.1, -0.05) is 47.5 Å². The number of piperidine rings is 1. The predicted octanol–water partition coefficient (Wildman–Crippen LogP) is 3.40. The zero-order chi connectivity index (χ0) is 30.2. The van der Waals surface area contributed by atoms with Crippen molar-refractivity contribution in [3.8, 4) is 5.75 Å². The number of aliphatic hydroxyl groups excluding tert-OH is 1. The van der Waals surface area contributed by atoms with Gasteiger partial charge in [-0.15, -0.1) is 0 Å². The van der Waals surface area contributed by atoms with Gasteiger partial charge < -0.3 is 15.2 Å². The summed E-state index contributed by atoms with van der Waals surface area (Å²) in [7, 11) is -8.46. The molecule has 2 heterocycles. The van der Waals surface area contributed by atoms with E-state index in [9.17, 15) is 21.9 Å². The summed E-state index contributed by atoms with van der Waals surface area (Å²) < 4.78 is 71.2. The van der Waals surface area contributed by atoms with Crippen LogP contribution in [0.15, 0.2) is 76.5 Å². The van der Waals surface area contributed by atoms with Crippen LogP contribution in [0, 0.1) is 25.2 Å². The van der Waals surface area contributed by atoms with Gasteiger partial charge in [0.05, 0.1) is 23.0 Å². The van der Waals surface area contributed by atoms with Gasteiger partial charge in [-0.25, -0.2) is 0 Å². The summed E-state index contributed by atoms with van der Waals surface area (Å²) in [6, 6.07) is 18.6. The Kier molecular flexibility index (Phi) is 6.81. The van der Waals surface area contributed by atoms with Crippen molar-refractivity contribution in [2.45, 2.75) is 66.6 Å². The summed E-state index contributed by atoms with van der Waals surface area (Å²) >= 11 is 0. The lowest BCUT2D eigenvalue weighted by molar-refractivity contribution is -0.170. The normalized spacial score (nSPS) is 28.6. The molecule has 2 N–H and O–H groups in total. The summed E-state index contributed by atoms with van der Waals surface area (Å²) in [6.07, 6.45) is -0.220. The second-order valence-electron chi connectivity index (χ2n) is 12.6. The molecule has 0 radical (unpaired) electrons. The van der Waals surface area contributed by atoms with Crippen molar-refractivity contribution in [1.29, 1.82) is 0 Å². The predicted molar refractivity (Wildman–Crippen MR) is 158 cm³/mol. The number of aryl methyl sites for hydroxylation is 2. The first-order chi connectivity index (χ1) is 20.5. The molecule has 228 valence electrons. The molecule has 3 aromatic rings. The number of hydrogen-bond acceptors (Lipinski definition) is 9. The number of benzene rings is 3. The summed E-state index contributed by atoms with van der Waals surface area (Å²) in [5.74, 6) is 0.659. The van der Waals surface area contributed by atoms with E-state index < -0.39 is 56.5 Å². The first-order valence-corrected chi connectivity index (χ1v) is 17.4. The van der Waals surface area contributed by atoms with E-state index in [4.69, 9.17) is 13.1 Å². The molecule has 1 spiro atoms. The molecule has 1 saturated heterocycles. The van der Waals surface area contributed by atoms with Crippen molar-refractivity contribution in [3.63, 3.8) is 0 Å². The molecule has 2 aliphatic heterocycles. The highest BCUT2D eigenvalue weighted by Gasteiger charge is 2.69. The maximum Gasteiger partial charge on any atom is 0.296 e. The van der Waals surface area contributed by atoms with Gasteiger partial charge in [-0.3, -0.25) is 8.37 Å². The summed E-state index contributed by atoms with van der Waals surface area (Å²) in [5.41, 5.74) is 2.21. The minimum atomic E-state index is -4.23. The zero-order valence-electron chi connectivity index (χ0n) is 24.0. The highest BCUT2D eigenvalue weighted by atomic mass is 32.2. The minimum absolute atomic E-state index is 0.0198. The molecule has 9 nitrogen and oxygen atoms in total. The SMILES string of the molecule is Cc1ccc(S(=O)(=O)OCC2(COS(=O)(=O)c3ccc(C)cc3)C[C@H]3[C@H]4Cc5cccc6c5[C@@]3(CCN4)C(O6)C2O)cc1. The van der Waals surface area contributed by atoms with Crippen LogP contribution in [-0.2, 0) is 40.4 Å². The molecule has 0 amide bonds. The Balaban J connectivity index is 1.27. The van der Waals surface area contributed by atoms with E-state index in [0.717, 1.165) is 41.8 Å². The average molecular weight is 626 g/mol. The molecule has 2 unspecified atom stereocenters. The zero-order valence-corrected chi connectivity index (χ0v) is 25.7. The van der Waals surface area contributed by atoms with Gasteiger partial charge in [0.2, 0.25) is 0 Å². The fourth-order valence-corrected chi connectivity index (χ4v) is 9.83. The van der Waals surface area contributed by atoms with Gasteiger partial charge >= 0.3 is 0 Å². The number of ether oxygens (including phenoxy) is 1. The number of hydrogen-bond donors (Lipinski definition) is 2. The van der Waals surface area contributed by atoms with Crippen LogP contribution in [0.1, 0.15) is 35.1 Å². The third-order valence-electron chi connectivity index (χ3n) is 10.0. The van der Waals surface area contributed by atoms with E-state index in [2.05, 4.69) is 11.4 Å². The lowest BCUT2D eigenvalue weighted by Gasteiger charge is -2.60. The van der Waals surface area contributed by atoms with E-state index >= 15 is 0 Å². The standard InChI is InChI=1S/C32H35NO8S2/c1-20-6-10-23(11-7-20)42(35,36)39-18-31(19-40-43(37,38)24-12-8-21(2)9-13-24)17-25-26-16-22-4-3-5-27-28(22)32(25,14-15-33-26)30(41-27)29(31)34/h3-13,25-26,29-30,33-34H,14-19H2,1-2H3/t25-,26+,29?,30?,32-/m0/s1. The van der Waals surface area contributed by atoms with Crippen LogP contribution in [0.3, 0.4) is 0 Å². The average Bonchev–Trinajstić information content (AvgIpc) is 3.31. The molecular formula is C32H35NO8S2. The summed E-state index contributed by atoms with van der Waals surface area (Å²) in [4.78, 5) is -0.0397. The van der Waals surface area contributed by atoms with E-state index in [0.29, 0.717) is 0 Å². The van der Waals surface area contributed by atoms with Gasteiger partial charge in [0.1, 0.15) is 18.0 Å². The highest BCUT2D eigenvalue weighted by Crippen LogP contribution is 2.64. The van der Waals surface area contributed by atoms with Crippen LogP contribution >= 0.6 is 0 Å². The van der Waals surface area contributed by atoms with E-state index in [1.165, 1.54) is 29.8 Å². The monoisotopic (exact) mass is 625 g/mol. The van der Waals surface area contributed by atoms with E-state index in [-0.39, 0.29) is 28.2 Å². The molecule has 43 heavy (non-hydrogen) atoms. The molecule has 2 aliphatic carbocycles. The van der Waals surface area contributed by atoms with Gasteiger partial charge in [0.25, 0.3) is 20.2 Å². The van der Waals surface area contributed by atoms with Gasteiger partial charge in [-0.2, -0.15) is 16.8 Å². The molecule has 0 aromatic heterocycles. The molecule has 7 rings (SSSR count). The van der Waals surface area contributed by atoms with Crippen LogP contribution < -0.4 is 10.1 Å². The van der Waals surface area contributed by atoms with Crippen LogP contribution in [-0.4, -0.2) is 60.0 Å². The molecule has 4 aliphatic rings. The van der Waals surface area contributed by atoms with Crippen molar-refractivity contribution in [2.75, 3.05) is 19.8 Å².